The maximum absolute atomic E-state index is 12.2. The van der Waals surface area contributed by atoms with Crippen LogP contribution in [0.2, 0.25) is 0 Å². The molecule has 6 nitrogen and oxygen atoms in total. The van der Waals surface area contributed by atoms with Gasteiger partial charge in [0.25, 0.3) is 0 Å². The molecule has 0 fully saturated rings. The van der Waals surface area contributed by atoms with Gasteiger partial charge in [0, 0.05) is 18.4 Å². The van der Waals surface area contributed by atoms with Crippen LogP contribution in [0.4, 0.5) is 0 Å². The molecule has 2 aromatic rings. The monoisotopic (exact) mass is 263 g/mol. The number of hydrogen-bond donors (Lipinski definition) is 1. The lowest BCUT2D eigenvalue weighted by molar-refractivity contribution is 0.339. The fourth-order valence-corrected chi connectivity index (χ4v) is 2.03. The number of fused-ring (bicyclic) bond motifs is 1. The summed E-state index contributed by atoms with van der Waals surface area (Å²) < 4.78 is 3.04. The lowest BCUT2D eigenvalue weighted by Crippen LogP contribution is -2.40. The molecule has 1 N–H and O–H groups in total. The van der Waals surface area contributed by atoms with Crippen molar-refractivity contribution < 1.29 is 0 Å². The molecule has 0 aliphatic carbocycles. The Morgan fingerprint density at radius 1 is 1.42 bits per heavy atom. The molecule has 0 bridgehead atoms. The van der Waals surface area contributed by atoms with Gasteiger partial charge in [-0.15, -0.1) is 5.10 Å². The van der Waals surface area contributed by atoms with E-state index >= 15 is 0 Å². The standard InChI is InChI=1S/C13H21N5O/c1-4-5-15-11(10(2)3)9-18-13(19)17-7-6-14-8-12(17)16-18/h6-8,10-11,15H,4-5,9H2,1-3H3. The second kappa shape index (κ2) is 5.97. The Kier molecular flexibility index (Phi) is 4.31. The summed E-state index contributed by atoms with van der Waals surface area (Å²) in [5.41, 5.74) is 0.479. The van der Waals surface area contributed by atoms with Crippen LogP contribution in [0, 0.1) is 5.92 Å². The molecular weight excluding hydrogens is 242 g/mol. The van der Waals surface area contributed by atoms with Crippen molar-refractivity contribution in [2.24, 2.45) is 5.92 Å². The van der Waals surface area contributed by atoms with E-state index < -0.39 is 0 Å². The Morgan fingerprint density at radius 3 is 2.84 bits per heavy atom. The second-order valence-corrected chi connectivity index (χ2v) is 5.07. The quantitative estimate of drug-likeness (QED) is 0.841. The van der Waals surface area contributed by atoms with Gasteiger partial charge in [0.05, 0.1) is 12.7 Å². The van der Waals surface area contributed by atoms with E-state index in [-0.39, 0.29) is 11.7 Å². The van der Waals surface area contributed by atoms with Crippen molar-refractivity contribution in [2.75, 3.05) is 6.54 Å². The Hall–Kier alpha value is -1.69. The van der Waals surface area contributed by atoms with Crippen molar-refractivity contribution in [1.82, 2.24) is 24.5 Å². The van der Waals surface area contributed by atoms with Gasteiger partial charge in [-0.1, -0.05) is 20.8 Å². The van der Waals surface area contributed by atoms with E-state index in [2.05, 4.69) is 36.2 Å². The Morgan fingerprint density at radius 2 is 2.21 bits per heavy atom. The molecule has 0 spiro atoms. The molecule has 2 heterocycles. The van der Waals surface area contributed by atoms with Gasteiger partial charge in [-0.3, -0.25) is 4.98 Å². The molecular formula is C13H21N5O. The molecule has 1 atom stereocenters. The third-order valence-electron chi connectivity index (χ3n) is 3.22. The van der Waals surface area contributed by atoms with Crippen LogP contribution >= 0.6 is 0 Å². The van der Waals surface area contributed by atoms with Gasteiger partial charge in [0.15, 0.2) is 5.65 Å². The molecule has 6 heteroatoms. The molecule has 0 saturated heterocycles. The summed E-state index contributed by atoms with van der Waals surface area (Å²) in [7, 11) is 0. The average molecular weight is 263 g/mol. The lowest BCUT2D eigenvalue weighted by atomic mass is 10.0. The van der Waals surface area contributed by atoms with Gasteiger partial charge in [-0.05, 0) is 18.9 Å². The number of aromatic nitrogens is 4. The van der Waals surface area contributed by atoms with Crippen LogP contribution in [0.3, 0.4) is 0 Å². The highest BCUT2D eigenvalue weighted by Gasteiger charge is 2.16. The minimum atomic E-state index is -0.110. The highest BCUT2D eigenvalue weighted by molar-refractivity contribution is 5.31. The fourth-order valence-electron chi connectivity index (χ4n) is 2.03. The molecule has 104 valence electrons. The van der Waals surface area contributed by atoms with E-state index in [1.165, 1.54) is 9.08 Å². The Balaban J connectivity index is 2.23. The van der Waals surface area contributed by atoms with Crippen molar-refractivity contribution in [1.29, 1.82) is 0 Å². The first-order valence-corrected chi connectivity index (χ1v) is 6.76. The zero-order chi connectivity index (χ0) is 13.8. The topological polar surface area (TPSA) is 64.2 Å². The highest BCUT2D eigenvalue weighted by Crippen LogP contribution is 2.04. The molecule has 2 aromatic heterocycles. The first kappa shape index (κ1) is 13.7. The lowest BCUT2D eigenvalue weighted by Gasteiger charge is -2.21. The molecule has 2 rings (SSSR count). The third kappa shape index (κ3) is 3.01. The Labute approximate surface area is 112 Å². The van der Waals surface area contributed by atoms with Crippen LogP contribution in [0.25, 0.3) is 5.65 Å². The summed E-state index contributed by atoms with van der Waals surface area (Å²) in [5, 5.41) is 7.77. The van der Waals surface area contributed by atoms with Crippen molar-refractivity contribution in [3.8, 4) is 0 Å². The third-order valence-corrected chi connectivity index (χ3v) is 3.22. The minimum Gasteiger partial charge on any atom is -0.312 e. The van der Waals surface area contributed by atoms with Crippen LogP contribution in [0.1, 0.15) is 27.2 Å². The maximum atomic E-state index is 12.2. The van der Waals surface area contributed by atoms with Crippen LogP contribution in [-0.4, -0.2) is 31.8 Å². The van der Waals surface area contributed by atoms with Gasteiger partial charge in [0.1, 0.15) is 0 Å². The largest absolute Gasteiger partial charge is 0.350 e. The second-order valence-electron chi connectivity index (χ2n) is 5.07. The van der Waals surface area contributed by atoms with Gasteiger partial charge in [-0.2, -0.15) is 0 Å². The van der Waals surface area contributed by atoms with Crippen molar-refractivity contribution >= 4 is 5.65 Å². The van der Waals surface area contributed by atoms with E-state index in [1.807, 2.05) is 0 Å². The minimum absolute atomic E-state index is 0.110. The fraction of sp³-hybridized carbons (Fsp3) is 0.615. The molecule has 19 heavy (non-hydrogen) atoms. The number of hydrogen-bond acceptors (Lipinski definition) is 4. The first-order valence-electron chi connectivity index (χ1n) is 6.76. The van der Waals surface area contributed by atoms with Crippen LogP contribution in [0.15, 0.2) is 23.4 Å². The Bertz CT molecular complexity index is 586. The van der Waals surface area contributed by atoms with E-state index in [0.29, 0.717) is 18.1 Å². The van der Waals surface area contributed by atoms with Gasteiger partial charge < -0.3 is 5.32 Å². The van der Waals surface area contributed by atoms with E-state index in [1.54, 1.807) is 18.6 Å². The normalized spacial score (nSPS) is 13.3. The first-order chi connectivity index (χ1) is 9.13. The van der Waals surface area contributed by atoms with E-state index in [4.69, 9.17) is 0 Å². The number of nitrogens with one attached hydrogen (secondary N) is 1. The molecule has 0 aliphatic heterocycles. The summed E-state index contributed by atoms with van der Waals surface area (Å²) in [6, 6.07) is 0.246. The van der Waals surface area contributed by atoms with Crippen molar-refractivity contribution in [3.63, 3.8) is 0 Å². The molecule has 0 radical (unpaired) electrons. The maximum Gasteiger partial charge on any atom is 0.350 e. The van der Waals surface area contributed by atoms with E-state index in [9.17, 15) is 4.79 Å². The van der Waals surface area contributed by atoms with Crippen LogP contribution < -0.4 is 11.0 Å². The van der Waals surface area contributed by atoms with E-state index in [0.717, 1.165) is 13.0 Å². The molecule has 0 saturated carbocycles. The van der Waals surface area contributed by atoms with Gasteiger partial charge in [-0.25, -0.2) is 13.9 Å². The van der Waals surface area contributed by atoms with Gasteiger partial charge in [0.2, 0.25) is 0 Å². The molecule has 0 aromatic carbocycles. The summed E-state index contributed by atoms with van der Waals surface area (Å²) in [5.74, 6) is 0.446. The predicted octanol–water partition coefficient (Wildman–Crippen LogP) is 0.915. The van der Waals surface area contributed by atoms with Crippen LogP contribution in [-0.2, 0) is 6.54 Å². The van der Waals surface area contributed by atoms with Gasteiger partial charge >= 0.3 is 5.69 Å². The number of rotatable bonds is 6. The average Bonchev–Trinajstić information content (AvgIpc) is 2.71. The molecule has 0 aliphatic rings. The summed E-state index contributed by atoms with van der Waals surface area (Å²) in [6.45, 7) is 7.96. The molecule has 1 unspecified atom stereocenters. The van der Waals surface area contributed by atoms with Crippen molar-refractivity contribution in [3.05, 3.63) is 29.1 Å². The SMILES string of the molecule is CCCNC(Cn1nc2cnccn2c1=O)C(C)C. The predicted molar refractivity (Wildman–Crippen MR) is 74.2 cm³/mol. The van der Waals surface area contributed by atoms with Crippen molar-refractivity contribution in [2.45, 2.75) is 39.8 Å². The zero-order valence-electron chi connectivity index (χ0n) is 11.7. The smallest absolute Gasteiger partial charge is 0.312 e. The highest BCUT2D eigenvalue weighted by atomic mass is 16.2. The summed E-state index contributed by atoms with van der Waals surface area (Å²) in [4.78, 5) is 16.1. The summed E-state index contributed by atoms with van der Waals surface area (Å²) in [6.07, 6.45) is 5.91. The number of nitrogens with zero attached hydrogens (tertiary/aromatic N) is 4. The zero-order valence-corrected chi connectivity index (χ0v) is 11.7. The van der Waals surface area contributed by atoms with Crippen LogP contribution in [0.5, 0.6) is 0 Å². The molecule has 0 amide bonds. The summed E-state index contributed by atoms with van der Waals surface area (Å²) >= 11 is 0.